The molecule has 0 aliphatic carbocycles. The minimum absolute atomic E-state index is 0.0279. The van der Waals surface area contributed by atoms with E-state index in [1.54, 1.807) is 0 Å². The van der Waals surface area contributed by atoms with Gasteiger partial charge in [0, 0.05) is 17.8 Å². The highest BCUT2D eigenvalue weighted by molar-refractivity contribution is 5.82. The minimum atomic E-state index is -0.298. The highest BCUT2D eigenvalue weighted by Crippen LogP contribution is 2.29. The Morgan fingerprint density at radius 3 is 2.68 bits per heavy atom. The molecule has 0 radical (unpaired) electrons. The van der Waals surface area contributed by atoms with E-state index in [1.807, 2.05) is 32.0 Å². The molecular formula is C15H20N2O2. The Labute approximate surface area is 113 Å². The van der Waals surface area contributed by atoms with Crippen LogP contribution in [0.2, 0.25) is 0 Å². The summed E-state index contributed by atoms with van der Waals surface area (Å²) in [6, 6.07) is 8.05. The van der Waals surface area contributed by atoms with Crippen LogP contribution in [0.1, 0.15) is 37.6 Å². The second-order valence-corrected chi connectivity index (χ2v) is 5.05. The highest BCUT2D eigenvalue weighted by atomic mass is 16.3. The van der Waals surface area contributed by atoms with Crippen LogP contribution in [0.5, 0.6) is 0 Å². The third-order valence-electron chi connectivity index (χ3n) is 3.32. The van der Waals surface area contributed by atoms with E-state index in [0.717, 1.165) is 22.3 Å². The second-order valence-electron chi connectivity index (χ2n) is 5.05. The fourth-order valence-electron chi connectivity index (χ4n) is 2.47. The van der Waals surface area contributed by atoms with Crippen molar-refractivity contribution in [2.75, 3.05) is 0 Å². The molecular weight excluding hydrogens is 240 g/mol. The van der Waals surface area contributed by atoms with Gasteiger partial charge in [-0.05, 0) is 32.4 Å². The number of primary amides is 1. The lowest BCUT2D eigenvalue weighted by atomic mass is 10.1. The van der Waals surface area contributed by atoms with Crippen LogP contribution in [0.15, 0.2) is 28.7 Å². The molecule has 1 amide bonds. The van der Waals surface area contributed by atoms with E-state index in [1.165, 1.54) is 0 Å². The smallest absolute Gasteiger partial charge is 0.218 e. The average molecular weight is 260 g/mol. The van der Waals surface area contributed by atoms with Gasteiger partial charge < -0.3 is 15.5 Å². The molecule has 0 saturated heterocycles. The number of nitrogens with two attached hydrogens (primary N) is 1. The van der Waals surface area contributed by atoms with Crippen molar-refractivity contribution in [3.05, 3.63) is 35.6 Å². The summed E-state index contributed by atoms with van der Waals surface area (Å²) in [6.07, 6.45) is 0.323. The summed E-state index contributed by atoms with van der Waals surface area (Å²) < 4.78 is 5.89. The van der Waals surface area contributed by atoms with Crippen LogP contribution in [-0.2, 0) is 4.79 Å². The third kappa shape index (κ3) is 2.96. The van der Waals surface area contributed by atoms with Gasteiger partial charge >= 0.3 is 0 Å². The Balaban J connectivity index is 2.19. The number of nitrogens with one attached hydrogen (secondary N) is 1. The predicted octanol–water partition coefficient (Wildman–Crippen LogP) is 2.66. The molecule has 2 atom stereocenters. The number of fused-ring (bicyclic) bond motifs is 1. The van der Waals surface area contributed by atoms with Gasteiger partial charge in [0.05, 0.1) is 6.04 Å². The molecule has 4 heteroatoms. The van der Waals surface area contributed by atoms with Gasteiger partial charge in [-0.25, -0.2) is 0 Å². The van der Waals surface area contributed by atoms with E-state index in [0.29, 0.717) is 6.42 Å². The zero-order chi connectivity index (χ0) is 14.0. The summed E-state index contributed by atoms with van der Waals surface area (Å²) in [6.45, 7) is 6.03. The maximum absolute atomic E-state index is 10.9. The number of carbonyl (C=O) groups excluding carboxylic acids is 1. The summed E-state index contributed by atoms with van der Waals surface area (Å²) in [5.41, 5.74) is 7.23. The monoisotopic (exact) mass is 260 g/mol. The van der Waals surface area contributed by atoms with Gasteiger partial charge in [-0.1, -0.05) is 18.2 Å². The van der Waals surface area contributed by atoms with E-state index >= 15 is 0 Å². The van der Waals surface area contributed by atoms with Crippen LogP contribution >= 0.6 is 0 Å². The molecule has 0 aliphatic heterocycles. The van der Waals surface area contributed by atoms with Gasteiger partial charge in [0.25, 0.3) is 0 Å². The Bertz CT molecular complexity index is 589. The number of aryl methyl sites for hydroxylation is 1. The largest absolute Gasteiger partial charge is 0.459 e. The first-order chi connectivity index (χ1) is 8.99. The van der Waals surface area contributed by atoms with Gasteiger partial charge in [0.1, 0.15) is 11.3 Å². The Morgan fingerprint density at radius 1 is 1.37 bits per heavy atom. The molecule has 2 aromatic rings. The zero-order valence-corrected chi connectivity index (χ0v) is 11.6. The lowest BCUT2D eigenvalue weighted by molar-refractivity contribution is -0.118. The molecule has 1 aromatic carbocycles. The Morgan fingerprint density at radius 2 is 2.05 bits per heavy atom. The first-order valence-electron chi connectivity index (χ1n) is 6.51. The number of para-hydroxylation sites is 1. The maximum Gasteiger partial charge on any atom is 0.218 e. The third-order valence-corrected chi connectivity index (χ3v) is 3.32. The molecule has 0 aliphatic rings. The lowest BCUT2D eigenvalue weighted by Crippen LogP contribution is -2.33. The maximum atomic E-state index is 10.9. The summed E-state index contributed by atoms with van der Waals surface area (Å²) in [5, 5.41) is 4.47. The molecule has 1 heterocycles. The van der Waals surface area contributed by atoms with Crippen molar-refractivity contribution in [2.24, 2.45) is 5.73 Å². The first kappa shape index (κ1) is 13.6. The molecule has 2 rings (SSSR count). The van der Waals surface area contributed by atoms with Crippen LogP contribution < -0.4 is 11.1 Å². The van der Waals surface area contributed by atoms with Gasteiger partial charge in [-0.15, -0.1) is 0 Å². The number of hydrogen-bond acceptors (Lipinski definition) is 3. The number of benzene rings is 1. The summed E-state index contributed by atoms with van der Waals surface area (Å²) in [4.78, 5) is 10.9. The van der Waals surface area contributed by atoms with Crippen molar-refractivity contribution in [2.45, 2.75) is 39.3 Å². The second kappa shape index (κ2) is 5.45. The van der Waals surface area contributed by atoms with Gasteiger partial charge in [-0.3, -0.25) is 4.79 Å². The normalized spacial score (nSPS) is 14.5. The molecule has 102 valence electrons. The molecule has 0 bridgehead atoms. The van der Waals surface area contributed by atoms with Crippen molar-refractivity contribution in [3.63, 3.8) is 0 Å². The van der Waals surface area contributed by atoms with Crippen LogP contribution in [0, 0.1) is 6.92 Å². The molecule has 0 fully saturated rings. The molecule has 0 spiro atoms. The standard InChI is InChI=1S/C15H20N2O2/c1-9(8-14(16)18)17-11(3)15-10(2)12-6-4-5-7-13(12)19-15/h4-7,9,11,17H,8H2,1-3H3,(H2,16,18). The van der Waals surface area contributed by atoms with Gasteiger partial charge in [0.2, 0.25) is 5.91 Å². The molecule has 4 nitrogen and oxygen atoms in total. The highest BCUT2D eigenvalue weighted by Gasteiger charge is 2.18. The SMILES string of the molecule is Cc1c(C(C)NC(C)CC(N)=O)oc2ccccc12. The number of furan rings is 1. The Hall–Kier alpha value is -1.81. The van der Waals surface area contributed by atoms with Crippen LogP contribution in [0.4, 0.5) is 0 Å². The minimum Gasteiger partial charge on any atom is -0.459 e. The van der Waals surface area contributed by atoms with E-state index in [2.05, 4.69) is 18.3 Å². The number of hydrogen-bond donors (Lipinski definition) is 2. The van der Waals surface area contributed by atoms with Gasteiger partial charge in [0.15, 0.2) is 0 Å². The number of amides is 1. The van der Waals surface area contributed by atoms with Crippen LogP contribution in [0.3, 0.4) is 0 Å². The van der Waals surface area contributed by atoms with Crippen molar-refractivity contribution < 1.29 is 9.21 Å². The van der Waals surface area contributed by atoms with Crippen molar-refractivity contribution in [3.8, 4) is 0 Å². The number of rotatable bonds is 5. The first-order valence-corrected chi connectivity index (χ1v) is 6.51. The van der Waals surface area contributed by atoms with Crippen LogP contribution in [0.25, 0.3) is 11.0 Å². The predicted molar refractivity (Wildman–Crippen MR) is 75.8 cm³/mol. The summed E-state index contributed by atoms with van der Waals surface area (Å²) >= 11 is 0. The fraction of sp³-hybridized carbons (Fsp3) is 0.400. The number of carbonyl (C=O) groups is 1. The van der Waals surface area contributed by atoms with Crippen molar-refractivity contribution >= 4 is 16.9 Å². The van der Waals surface area contributed by atoms with Crippen molar-refractivity contribution in [1.82, 2.24) is 5.32 Å². The van der Waals surface area contributed by atoms with E-state index in [4.69, 9.17) is 10.2 Å². The van der Waals surface area contributed by atoms with Crippen LogP contribution in [-0.4, -0.2) is 11.9 Å². The summed E-state index contributed by atoms with van der Waals surface area (Å²) in [7, 11) is 0. The fourth-order valence-corrected chi connectivity index (χ4v) is 2.47. The van der Waals surface area contributed by atoms with Crippen molar-refractivity contribution in [1.29, 1.82) is 0 Å². The van der Waals surface area contributed by atoms with E-state index < -0.39 is 0 Å². The van der Waals surface area contributed by atoms with Gasteiger partial charge in [-0.2, -0.15) is 0 Å². The molecule has 0 saturated carbocycles. The molecule has 2 unspecified atom stereocenters. The average Bonchev–Trinajstić information content (AvgIpc) is 2.66. The summed E-state index contributed by atoms with van der Waals surface area (Å²) in [5.74, 6) is 0.617. The Kier molecular flexibility index (Phi) is 3.90. The quantitative estimate of drug-likeness (QED) is 0.868. The zero-order valence-electron chi connectivity index (χ0n) is 11.6. The van der Waals surface area contributed by atoms with E-state index in [-0.39, 0.29) is 18.0 Å². The lowest BCUT2D eigenvalue weighted by Gasteiger charge is -2.17. The topological polar surface area (TPSA) is 68.3 Å². The van der Waals surface area contributed by atoms with E-state index in [9.17, 15) is 4.79 Å². The molecule has 3 N–H and O–H groups in total. The molecule has 1 aromatic heterocycles. The molecule has 19 heavy (non-hydrogen) atoms.